The maximum Gasteiger partial charge on any atom is 0.222 e. The number of carbonyl (C=O) groups excluding carboxylic acids is 1. The Morgan fingerprint density at radius 3 is 2.69 bits per heavy atom. The number of likely N-dealkylation sites (tertiary alicyclic amines) is 1. The number of aryl methyl sites for hydroxylation is 1. The number of hydrogen-bond acceptors (Lipinski definition) is 5. The van der Waals surface area contributed by atoms with Crippen LogP contribution in [0.25, 0.3) is 10.2 Å². The van der Waals surface area contributed by atoms with Crippen LogP contribution >= 0.6 is 11.3 Å². The smallest absolute Gasteiger partial charge is 0.222 e. The quantitative estimate of drug-likeness (QED) is 0.731. The van der Waals surface area contributed by atoms with E-state index < -0.39 is 10.0 Å². The van der Waals surface area contributed by atoms with Crippen LogP contribution < -0.4 is 4.72 Å². The molecule has 0 spiro atoms. The normalized spacial score (nSPS) is 16.3. The zero-order valence-electron chi connectivity index (χ0n) is 15.0. The largest absolute Gasteiger partial charge is 0.343 e. The highest BCUT2D eigenvalue weighted by Crippen LogP contribution is 2.23. The topological polar surface area (TPSA) is 79.4 Å². The van der Waals surface area contributed by atoms with Crippen LogP contribution in [0, 0.1) is 0 Å². The number of thiazole rings is 1. The lowest BCUT2D eigenvalue weighted by Crippen LogP contribution is -2.46. The Labute approximate surface area is 158 Å². The van der Waals surface area contributed by atoms with Gasteiger partial charge in [0.1, 0.15) is 0 Å². The third-order valence-corrected chi connectivity index (χ3v) is 6.46. The first-order chi connectivity index (χ1) is 12.4. The molecule has 0 bridgehead atoms. The lowest BCUT2D eigenvalue weighted by molar-refractivity contribution is -0.132. The number of sulfonamides is 1. The number of benzene rings is 1. The number of fused-ring (bicyclic) bond motifs is 1. The number of amides is 1. The second-order valence-electron chi connectivity index (χ2n) is 6.83. The summed E-state index contributed by atoms with van der Waals surface area (Å²) in [6.45, 7) is 1.26. The maximum atomic E-state index is 12.3. The van der Waals surface area contributed by atoms with Gasteiger partial charge in [0.15, 0.2) is 0 Å². The number of para-hydroxylation sites is 1. The third-order valence-electron chi connectivity index (χ3n) is 4.60. The van der Waals surface area contributed by atoms with Crippen LogP contribution in [0.2, 0.25) is 0 Å². The number of hydrogen-bond donors (Lipinski definition) is 1. The van der Waals surface area contributed by atoms with E-state index in [1.165, 1.54) is 11.0 Å². The van der Waals surface area contributed by atoms with Gasteiger partial charge in [-0.3, -0.25) is 4.79 Å². The van der Waals surface area contributed by atoms with Crippen molar-refractivity contribution in [2.75, 3.05) is 19.3 Å². The Kier molecular flexibility index (Phi) is 6.26. The van der Waals surface area contributed by atoms with Crippen LogP contribution in [0.15, 0.2) is 24.3 Å². The summed E-state index contributed by atoms with van der Waals surface area (Å²) in [6.07, 6.45) is 5.82. The minimum atomic E-state index is -3.17. The monoisotopic (exact) mass is 395 g/mol. The molecule has 0 atom stereocenters. The van der Waals surface area contributed by atoms with Crippen molar-refractivity contribution >= 4 is 37.5 Å². The van der Waals surface area contributed by atoms with Gasteiger partial charge in [-0.25, -0.2) is 18.1 Å². The molecule has 1 saturated heterocycles. The molecule has 1 aromatic heterocycles. The van der Waals surface area contributed by atoms with E-state index in [9.17, 15) is 13.2 Å². The molecule has 6 nitrogen and oxygen atoms in total. The van der Waals surface area contributed by atoms with Gasteiger partial charge in [0.05, 0.1) is 21.5 Å². The Morgan fingerprint density at radius 1 is 1.27 bits per heavy atom. The lowest BCUT2D eigenvalue weighted by Gasteiger charge is -2.32. The fourth-order valence-electron chi connectivity index (χ4n) is 3.29. The van der Waals surface area contributed by atoms with E-state index in [0.29, 0.717) is 32.4 Å². The summed E-state index contributed by atoms with van der Waals surface area (Å²) in [4.78, 5) is 18.8. The van der Waals surface area contributed by atoms with E-state index >= 15 is 0 Å². The standard InChI is InChI=1S/C18H25N3O3S2/c1-26(23,24)20-14-10-12-21(13-11-14)18(22)9-5-4-8-17-19-15-6-2-3-7-16(15)25-17/h2-3,6-7,14,20H,4-5,8-13H2,1H3. The second-order valence-corrected chi connectivity index (χ2v) is 9.72. The van der Waals surface area contributed by atoms with Gasteiger partial charge in [0.25, 0.3) is 0 Å². The molecule has 1 fully saturated rings. The summed E-state index contributed by atoms with van der Waals surface area (Å²) in [7, 11) is -3.17. The van der Waals surface area contributed by atoms with Gasteiger partial charge in [0, 0.05) is 25.6 Å². The lowest BCUT2D eigenvalue weighted by atomic mass is 10.1. The van der Waals surface area contributed by atoms with Crippen molar-refractivity contribution in [3.63, 3.8) is 0 Å². The van der Waals surface area contributed by atoms with Crippen LogP contribution in [-0.4, -0.2) is 49.6 Å². The molecule has 0 saturated carbocycles. The van der Waals surface area contributed by atoms with Crippen LogP contribution in [0.1, 0.15) is 37.1 Å². The van der Waals surface area contributed by atoms with E-state index in [1.807, 2.05) is 23.1 Å². The number of rotatable bonds is 7. The molecular formula is C18H25N3O3S2. The zero-order valence-corrected chi connectivity index (χ0v) is 16.6. The molecule has 2 aromatic rings. The van der Waals surface area contributed by atoms with Crippen molar-refractivity contribution < 1.29 is 13.2 Å². The molecule has 1 amide bonds. The minimum Gasteiger partial charge on any atom is -0.343 e. The number of piperidine rings is 1. The summed E-state index contributed by atoms with van der Waals surface area (Å²) in [6, 6.07) is 8.09. The molecule has 0 aliphatic carbocycles. The number of nitrogens with zero attached hydrogens (tertiary/aromatic N) is 2. The first-order valence-electron chi connectivity index (χ1n) is 9.00. The molecule has 2 heterocycles. The highest BCUT2D eigenvalue weighted by Gasteiger charge is 2.24. The average molecular weight is 396 g/mol. The van der Waals surface area contributed by atoms with Crippen LogP contribution in [-0.2, 0) is 21.2 Å². The SMILES string of the molecule is CS(=O)(=O)NC1CCN(C(=O)CCCCc2nc3ccccc3s2)CC1. The summed E-state index contributed by atoms with van der Waals surface area (Å²) < 4.78 is 26.4. The van der Waals surface area contributed by atoms with Crippen LogP contribution in [0.3, 0.4) is 0 Å². The zero-order chi connectivity index (χ0) is 18.6. The van der Waals surface area contributed by atoms with Crippen molar-refractivity contribution in [1.29, 1.82) is 0 Å². The predicted molar refractivity (Wildman–Crippen MR) is 105 cm³/mol. The number of carbonyl (C=O) groups is 1. The van der Waals surface area contributed by atoms with Gasteiger partial charge in [-0.1, -0.05) is 12.1 Å². The van der Waals surface area contributed by atoms with Gasteiger partial charge < -0.3 is 4.90 Å². The van der Waals surface area contributed by atoms with Crippen LogP contribution in [0.5, 0.6) is 0 Å². The Balaban J connectivity index is 1.37. The van der Waals surface area contributed by atoms with Crippen LogP contribution in [0.4, 0.5) is 0 Å². The summed E-state index contributed by atoms with van der Waals surface area (Å²) in [5, 5.41) is 1.13. The van der Waals surface area contributed by atoms with Gasteiger partial charge in [0.2, 0.25) is 15.9 Å². The number of aromatic nitrogens is 1. The first kappa shape index (κ1) is 19.3. The summed E-state index contributed by atoms with van der Waals surface area (Å²) in [5.74, 6) is 0.173. The van der Waals surface area contributed by atoms with Crippen molar-refractivity contribution in [2.45, 2.75) is 44.6 Å². The first-order valence-corrected chi connectivity index (χ1v) is 11.7. The molecule has 1 aliphatic heterocycles. The van der Waals surface area contributed by atoms with Crippen molar-refractivity contribution in [3.05, 3.63) is 29.3 Å². The summed E-state index contributed by atoms with van der Waals surface area (Å²) >= 11 is 1.73. The van der Waals surface area contributed by atoms with Crippen molar-refractivity contribution in [2.24, 2.45) is 0 Å². The van der Waals surface area contributed by atoms with Gasteiger partial charge in [-0.05, 0) is 44.2 Å². The minimum absolute atomic E-state index is 0.0481. The molecule has 26 heavy (non-hydrogen) atoms. The summed E-state index contributed by atoms with van der Waals surface area (Å²) in [5.41, 5.74) is 1.05. The van der Waals surface area contributed by atoms with Crippen molar-refractivity contribution in [1.82, 2.24) is 14.6 Å². The van der Waals surface area contributed by atoms with E-state index in [-0.39, 0.29) is 11.9 Å². The second kappa shape index (κ2) is 8.45. The average Bonchev–Trinajstić information content (AvgIpc) is 3.00. The highest BCUT2D eigenvalue weighted by molar-refractivity contribution is 7.88. The van der Waals surface area contributed by atoms with E-state index in [4.69, 9.17) is 0 Å². The molecule has 0 radical (unpaired) electrons. The van der Waals surface area contributed by atoms with E-state index in [0.717, 1.165) is 29.8 Å². The van der Waals surface area contributed by atoms with Gasteiger partial charge in [-0.15, -0.1) is 11.3 Å². The number of nitrogens with one attached hydrogen (secondary N) is 1. The third kappa shape index (κ3) is 5.49. The van der Waals surface area contributed by atoms with Gasteiger partial charge >= 0.3 is 0 Å². The fraction of sp³-hybridized carbons (Fsp3) is 0.556. The molecule has 142 valence electrons. The van der Waals surface area contributed by atoms with Gasteiger partial charge in [-0.2, -0.15) is 0 Å². The molecule has 1 N–H and O–H groups in total. The Morgan fingerprint density at radius 2 is 2.00 bits per heavy atom. The number of unbranched alkanes of at least 4 members (excludes halogenated alkanes) is 1. The highest BCUT2D eigenvalue weighted by atomic mass is 32.2. The van der Waals surface area contributed by atoms with E-state index in [2.05, 4.69) is 15.8 Å². The Hall–Kier alpha value is -1.51. The molecular weight excluding hydrogens is 370 g/mol. The fourth-order valence-corrected chi connectivity index (χ4v) is 5.14. The molecule has 0 unspecified atom stereocenters. The maximum absolute atomic E-state index is 12.3. The van der Waals surface area contributed by atoms with E-state index in [1.54, 1.807) is 11.3 Å². The molecule has 3 rings (SSSR count). The molecule has 8 heteroatoms. The molecule has 1 aliphatic rings. The van der Waals surface area contributed by atoms with Crippen molar-refractivity contribution in [3.8, 4) is 0 Å². The predicted octanol–water partition coefficient (Wildman–Crippen LogP) is 2.55. The Bertz CT molecular complexity index is 822. The molecule has 1 aromatic carbocycles.